The van der Waals surface area contributed by atoms with Crippen LogP contribution in [0.2, 0.25) is 0 Å². The summed E-state index contributed by atoms with van der Waals surface area (Å²) >= 11 is 0. The molecule has 20 heavy (non-hydrogen) atoms. The minimum Gasteiger partial charge on any atom is -0.481 e. The first-order valence-corrected chi connectivity index (χ1v) is 6.66. The second-order valence-electron chi connectivity index (χ2n) is 4.89. The van der Waals surface area contributed by atoms with E-state index >= 15 is 0 Å². The molecule has 0 bridgehead atoms. The standard InChI is InChI=1S/C13H17N5O2/c1-14-9(8-3-4-8)5-12-17-13(18-20-12)10-6-11(19-2)16-7-15-10/h6-9,14H,3-5H2,1-2H3. The van der Waals surface area contributed by atoms with Gasteiger partial charge in [0.25, 0.3) is 0 Å². The van der Waals surface area contributed by atoms with E-state index < -0.39 is 0 Å². The first-order chi connectivity index (χ1) is 9.80. The molecule has 7 heteroatoms. The number of rotatable bonds is 6. The van der Waals surface area contributed by atoms with E-state index in [-0.39, 0.29) is 0 Å². The molecule has 1 fully saturated rings. The van der Waals surface area contributed by atoms with Gasteiger partial charge in [0.05, 0.1) is 7.11 Å². The van der Waals surface area contributed by atoms with Crippen LogP contribution >= 0.6 is 0 Å². The number of ether oxygens (including phenoxy) is 1. The molecule has 1 unspecified atom stereocenters. The summed E-state index contributed by atoms with van der Waals surface area (Å²) in [6.45, 7) is 0. The fourth-order valence-corrected chi connectivity index (χ4v) is 2.21. The highest BCUT2D eigenvalue weighted by Crippen LogP contribution is 2.33. The van der Waals surface area contributed by atoms with Crippen molar-refractivity contribution in [2.24, 2.45) is 5.92 Å². The molecule has 2 aromatic heterocycles. The number of hydrogen-bond acceptors (Lipinski definition) is 7. The first kappa shape index (κ1) is 13.0. The summed E-state index contributed by atoms with van der Waals surface area (Å²) in [5, 5.41) is 7.28. The molecule has 0 aliphatic heterocycles. The maximum atomic E-state index is 5.30. The van der Waals surface area contributed by atoms with E-state index in [1.165, 1.54) is 19.2 Å². The number of likely N-dealkylation sites (N-methyl/N-ethyl adjacent to an activating group) is 1. The van der Waals surface area contributed by atoms with Crippen molar-refractivity contribution >= 4 is 0 Å². The van der Waals surface area contributed by atoms with Crippen molar-refractivity contribution in [3.05, 3.63) is 18.3 Å². The van der Waals surface area contributed by atoms with Crippen molar-refractivity contribution in [2.45, 2.75) is 25.3 Å². The van der Waals surface area contributed by atoms with Crippen LogP contribution in [0.25, 0.3) is 11.5 Å². The molecule has 1 aliphatic carbocycles. The van der Waals surface area contributed by atoms with E-state index in [4.69, 9.17) is 9.26 Å². The topological polar surface area (TPSA) is 86.0 Å². The molecule has 7 nitrogen and oxygen atoms in total. The predicted octanol–water partition coefficient (Wildman–Crippen LogP) is 1.08. The zero-order valence-corrected chi connectivity index (χ0v) is 11.5. The van der Waals surface area contributed by atoms with Crippen LogP contribution in [0, 0.1) is 5.92 Å². The van der Waals surface area contributed by atoms with Crippen molar-refractivity contribution in [1.29, 1.82) is 0 Å². The van der Waals surface area contributed by atoms with Crippen LogP contribution in [0.15, 0.2) is 16.9 Å². The highest BCUT2D eigenvalue weighted by atomic mass is 16.5. The molecular formula is C13H17N5O2. The summed E-state index contributed by atoms with van der Waals surface area (Å²) in [6.07, 6.45) is 4.71. The van der Waals surface area contributed by atoms with E-state index in [0.29, 0.717) is 29.3 Å². The van der Waals surface area contributed by atoms with Crippen LogP contribution in [-0.4, -0.2) is 40.3 Å². The molecule has 1 saturated carbocycles. The summed E-state index contributed by atoms with van der Waals surface area (Å²) < 4.78 is 10.4. The zero-order valence-electron chi connectivity index (χ0n) is 11.5. The third-order valence-electron chi connectivity index (χ3n) is 3.50. The van der Waals surface area contributed by atoms with E-state index in [1.54, 1.807) is 13.2 Å². The largest absolute Gasteiger partial charge is 0.481 e. The van der Waals surface area contributed by atoms with Gasteiger partial charge in [-0.05, 0) is 25.8 Å². The van der Waals surface area contributed by atoms with Crippen LogP contribution in [0.1, 0.15) is 18.7 Å². The fraction of sp³-hybridized carbons (Fsp3) is 0.538. The lowest BCUT2D eigenvalue weighted by Gasteiger charge is -2.11. The molecule has 1 atom stereocenters. The molecular weight excluding hydrogens is 258 g/mol. The summed E-state index contributed by atoms with van der Waals surface area (Å²) in [6, 6.07) is 2.09. The minimum absolute atomic E-state index is 0.406. The molecule has 0 spiro atoms. The highest BCUT2D eigenvalue weighted by Gasteiger charge is 2.31. The average molecular weight is 275 g/mol. The first-order valence-electron chi connectivity index (χ1n) is 6.66. The van der Waals surface area contributed by atoms with Crippen LogP contribution in [0.4, 0.5) is 0 Å². The third-order valence-corrected chi connectivity index (χ3v) is 3.50. The number of aromatic nitrogens is 4. The molecule has 0 radical (unpaired) electrons. The Morgan fingerprint density at radius 1 is 1.45 bits per heavy atom. The van der Waals surface area contributed by atoms with Crippen molar-refractivity contribution in [2.75, 3.05) is 14.2 Å². The Bertz CT molecular complexity index is 582. The maximum Gasteiger partial charge on any atom is 0.228 e. The van der Waals surface area contributed by atoms with Gasteiger partial charge < -0.3 is 14.6 Å². The van der Waals surface area contributed by atoms with Crippen molar-refractivity contribution in [3.8, 4) is 17.4 Å². The van der Waals surface area contributed by atoms with Crippen molar-refractivity contribution in [1.82, 2.24) is 25.4 Å². The second kappa shape index (κ2) is 5.54. The SMILES string of the molecule is CNC(Cc1nc(-c2cc(OC)ncn2)no1)C1CC1. The van der Waals surface area contributed by atoms with E-state index in [2.05, 4.69) is 25.4 Å². The predicted molar refractivity (Wildman–Crippen MR) is 71.2 cm³/mol. The summed E-state index contributed by atoms with van der Waals surface area (Å²) in [4.78, 5) is 12.5. The Morgan fingerprint density at radius 2 is 2.30 bits per heavy atom. The Balaban J connectivity index is 1.75. The third kappa shape index (κ3) is 2.77. The van der Waals surface area contributed by atoms with E-state index in [9.17, 15) is 0 Å². The lowest BCUT2D eigenvalue weighted by Crippen LogP contribution is -2.29. The van der Waals surface area contributed by atoms with Crippen molar-refractivity contribution in [3.63, 3.8) is 0 Å². The zero-order chi connectivity index (χ0) is 13.9. The highest BCUT2D eigenvalue weighted by molar-refractivity contribution is 5.49. The van der Waals surface area contributed by atoms with E-state index in [0.717, 1.165) is 12.3 Å². The molecule has 106 valence electrons. The van der Waals surface area contributed by atoms with Gasteiger partial charge in [-0.25, -0.2) is 9.97 Å². The molecule has 0 aromatic carbocycles. The number of methoxy groups -OCH3 is 1. The van der Waals surface area contributed by atoms with Crippen LogP contribution in [-0.2, 0) is 6.42 Å². The van der Waals surface area contributed by atoms with Gasteiger partial charge in [0, 0.05) is 18.5 Å². The van der Waals surface area contributed by atoms with Gasteiger partial charge in [-0.2, -0.15) is 4.98 Å². The van der Waals surface area contributed by atoms with Gasteiger partial charge in [-0.3, -0.25) is 0 Å². The number of nitrogens with zero attached hydrogens (tertiary/aromatic N) is 4. The quantitative estimate of drug-likeness (QED) is 0.844. The lowest BCUT2D eigenvalue weighted by molar-refractivity contribution is 0.352. The van der Waals surface area contributed by atoms with Gasteiger partial charge in [-0.1, -0.05) is 5.16 Å². The van der Waals surface area contributed by atoms with Gasteiger partial charge in [-0.15, -0.1) is 0 Å². The van der Waals surface area contributed by atoms with Gasteiger partial charge in [0.15, 0.2) is 0 Å². The van der Waals surface area contributed by atoms with Gasteiger partial charge in [0.2, 0.25) is 17.6 Å². The normalized spacial score (nSPS) is 16.1. The summed E-state index contributed by atoms with van der Waals surface area (Å²) in [7, 11) is 3.52. The Kier molecular flexibility index (Phi) is 3.60. The molecule has 2 heterocycles. The molecule has 2 aromatic rings. The molecule has 0 saturated heterocycles. The maximum absolute atomic E-state index is 5.30. The van der Waals surface area contributed by atoms with Gasteiger partial charge in [0.1, 0.15) is 12.0 Å². The molecule has 1 N–H and O–H groups in total. The van der Waals surface area contributed by atoms with E-state index in [1.807, 2.05) is 7.05 Å². The lowest BCUT2D eigenvalue weighted by atomic mass is 10.1. The molecule has 0 amide bonds. The minimum atomic E-state index is 0.406. The molecule has 1 aliphatic rings. The monoisotopic (exact) mass is 275 g/mol. The Hall–Kier alpha value is -2.02. The fourth-order valence-electron chi connectivity index (χ4n) is 2.21. The van der Waals surface area contributed by atoms with Crippen LogP contribution < -0.4 is 10.1 Å². The van der Waals surface area contributed by atoms with Crippen LogP contribution in [0.5, 0.6) is 5.88 Å². The van der Waals surface area contributed by atoms with Gasteiger partial charge >= 0.3 is 0 Å². The second-order valence-corrected chi connectivity index (χ2v) is 4.89. The van der Waals surface area contributed by atoms with Crippen molar-refractivity contribution < 1.29 is 9.26 Å². The molecule has 3 rings (SSSR count). The number of hydrogen-bond donors (Lipinski definition) is 1. The number of nitrogens with one attached hydrogen (secondary N) is 1. The smallest absolute Gasteiger partial charge is 0.228 e. The Morgan fingerprint density at radius 3 is 3.00 bits per heavy atom. The Labute approximate surface area is 116 Å². The summed E-state index contributed by atoms with van der Waals surface area (Å²) in [5.74, 6) is 2.30. The van der Waals surface area contributed by atoms with Crippen LogP contribution in [0.3, 0.4) is 0 Å². The summed E-state index contributed by atoms with van der Waals surface area (Å²) in [5.41, 5.74) is 0.597. The average Bonchev–Trinajstić information content (AvgIpc) is 3.23.